The molecule has 22 heavy (non-hydrogen) atoms. The summed E-state index contributed by atoms with van der Waals surface area (Å²) in [6.07, 6.45) is -0.210. The van der Waals surface area contributed by atoms with E-state index in [1.54, 1.807) is 0 Å². The van der Waals surface area contributed by atoms with Crippen LogP contribution in [0.1, 0.15) is 5.56 Å². The third-order valence-corrected chi connectivity index (χ3v) is 4.10. The Kier molecular flexibility index (Phi) is 6.40. The molecule has 2 aromatic rings. The summed E-state index contributed by atoms with van der Waals surface area (Å²) in [5.41, 5.74) is 3.77. The van der Waals surface area contributed by atoms with Crippen molar-refractivity contribution in [1.29, 1.82) is 0 Å². The lowest BCUT2D eigenvalue weighted by molar-refractivity contribution is 0.146. The van der Waals surface area contributed by atoms with Gasteiger partial charge in [-0.1, -0.05) is 54.6 Å². The predicted molar refractivity (Wildman–Crippen MR) is 93.2 cm³/mol. The molecule has 1 aliphatic heterocycles. The number of benzene rings is 2. The van der Waals surface area contributed by atoms with Gasteiger partial charge in [0.25, 0.3) is 0 Å². The number of aliphatic hydroxyl groups excluding tert-OH is 1. The second kappa shape index (κ2) is 8.30. The van der Waals surface area contributed by atoms with Crippen LogP contribution in [0.15, 0.2) is 54.6 Å². The van der Waals surface area contributed by atoms with Crippen molar-refractivity contribution in [2.24, 2.45) is 5.92 Å². The van der Waals surface area contributed by atoms with Crippen LogP contribution < -0.4 is 10.6 Å². The van der Waals surface area contributed by atoms with Crippen molar-refractivity contribution in [3.8, 4) is 11.1 Å². The van der Waals surface area contributed by atoms with E-state index in [-0.39, 0.29) is 18.5 Å². The van der Waals surface area contributed by atoms with Gasteiger partial charge in [0, 0.05) is 32.1 Å². The van der Waals surface area contributed by atoms with E-state index in [0.717, 1.165) is 26.2 Å². The molecule has 0 aliphatic carbocycles. The van der Waals surface area contributed by atoms with Crippen LogP contribution in [-0.4, -0.2) is 30.8 Å². The van der Waals surface area contributed by atoms with Crippen molar-refractivity contribution in [3.63, 3.8) is 0 Å². The molecule has 0 saturated carbocycles. The van der Waals surface area contributed by atoms with E-state index in [2.05, 4.69) is 59.2 Å². The highest BCUT2D eigenvalue weighted by Gasteiger charge is 2.23. The Labute approximate surface area is 138 Å². The largest absolute Gasteiger partial charge is 0.391 e. The Morgan fingerprint density at radius 1 is 0.955 bits per heavy atom. The third-order valence-electron chi connectivity index (χ3n) is 4.10. The highest BCUT2D eigenvalue weighted by Crippen LogP contribution is 2.19. The first-order valence-corrected chi connectivity index (χ1v) is 7.57. The van der Waals surface area contributed by atoms with Crippen LogP contribution in [0.25, 0.3) is 11.1 Å². The van der Waals surface area contributed by atoms with Gasteiger partial charge in [0.15, 0.2) is 0 Å². The first-order valence-electron chi connectivity index (χ1n) is 7.57. The molecule has 1 aliphatic rings. The monoisotopic (exact) mass is 318 g/mol. The number of hydrogen-bond donors (Lipinski definition) is 3. The minimum atomic E-state index is -0.210. The lowest BCUT2D eigenvalue weighted by atomic mass is 10.0. The third kappa shape index (κ3) is 4.31. The van der Waals surface area contributed by atoms with Gasteiger partial charge in [-0.3, -0.25) is 0 Å². The van der Waals surface area contributed by atoms with Crippen LogP contribution in [0.3, 0.4) is 0 Å². The summed E-state index contributed by atoms with van der Waals surface area (Å²) in [6, 6.07) is 19.1. The van der Waals surface area contributed by atoms with Gasteiger partial charge in [-0.25, -0.2) is 0 Å². The molecule has 0 bridgehead atoms. The van der Waals surface area contributed by atoms with E-state index in [4.69, 9.17) is 0 Å². The molecule has 1 fully saturated rings. The number of rotatable bonds is 5. The molecule has 3 rings (SSSR count). The zero-order valence-corrected chi connectivity index (χ0v) is 13.4. The summed E-state index contributed by atoms with van der Waals surface area (Å²) < 4.78 is 0. The minimum absolute atomic E-state index is 0. The Balaban J connectivity index is 0.00000176. The van der Waals surface area contributed by atoms with Crippen LogP contribution in [0.2, 0.25) is 0 Å². The minimum Gasteiger partial charge on any atom is -0.391 e. The van der Waals surface area contributed by atoms with Gasteiger partial charge in [-0.05, 0) is 16.7 Å². The number of aliphatic hydroxyl groups is 1. The summed E-state index contributed by atoms with van der Waals surface area (Å²) in [5, 5.41) is 16.4. The van der Waals surface area contributed by atoms with E-state index < -0.39 is 0 Å². The van der Waals surface area contributed by atoms with E-state index >= 15 is 0 Å². The number of halogens is 1. The first kappa shape index (κ1) is 17.0. The molecule has 0 amide bonds. The second-order valence-electron chi connectivity index (χ2n) is 5.68. The molecule has 2 aromatic carbocycles. The first-order chi connectivity index (χ1) is 10.3. The van der Waals surface area contributed by atoms with Crippen molar-refractivity contribution >= 4 is 12.4 Å². The fourth-order valence-electron chi connectivity index (χ4n) is 2.78. The number of nitrogens with one attached hydrogen (secondary N) is 2. The predicted octanol–water partition coefficient (Wildman–Crippen LogP) is 2.45. The average Bonchev–Trinajstić information content (AvgIpc) is 2.94. The van der Waals surface area contributed by atoms with E-state index in [9.17, 15) is 5.11 Å². The topological polar surface area (TPSA) is 44.3 Å². The van der Waals surface area contributed by atoms with Crippen LogP contribution >= 0.6 is 12.4 Å². The van der Waals surface area contributed by atoms with Crippen molar-refractivity contribution in [3.05, 3.63) is 60.2 Å². The molecule has 0 aromatic heterocycles. The molecular weight excluding hydrogens is 296 g/mol. The molecule has 4 heteroatoms. The molecule has 2 atom stereocenters. The maximum atomic E-state index is 9.75. The van der Waals surface area contributed by atoms with Crippen LogP contribution in [0, 0.1) is 5.92 Å². The Morgan fingerprint density at radius 3 is 2.27 bits per heavy atom. The summed E-state index contributed by atoms with van der Waals surface area (Å²) in [7, 11) is 0. The quantitative estimate of drug-likeness (QED) is 0.793. The highest BCUT2D eigenvalue weighted by molar-refractivity contribution is 5.85. The van der Waals surface area contributed by atoms with Crippen molar-refractivity contribution in [2.45, 2.75) is 12.6 Å². The lowest BCUT2D eigenvalue weighted by Gasteiger charge is -2.14. The van der Waals surface area contributed by atoms with Crippen LogP contribution in [-0.2, 0) is 6.54 Å². The van der Waals surface area contributed by atoms with Crippen molar-refractivity contribution in [2.75, 3.05) is 19.6 Å². The molecule has 3 nitrogen and oxygen atoms in total. The molecule has 1 heterocycles. The standard InChI is InChI=1S/C18H22N2O.ClH/c21-18-13-20-12-17(18)11-19-10-14-6-8-16(9-7-14)15-4-2-1-3-5-15;/h1-9,17-21H,10-13H2;1H. The molecule has 1 saturated heterocycles. The van der Waals surface area contributed by atoms with Gasteiger partial charge in [0.2, 0.25) is 0 Å². The maximum Gasteiger partial charge on any atom is 0.0716 e. The normalized spacial score (nSPS) is 20.6. The van der Waals surface area contributed by atoms with E-state index in [1.807, 2.05) is 6.07 Å². The van der Waals surface area contributed by atoms with Gasteiger partial charge in [0.05, 0.1) is 6.10 Å². The number of hydrogen-bond acceptors (Lipinski definition) is 3. The summed E-state index contributed by atoms with van der Waals surface area (Å²) in [5.74, 6) is 0.327. The second-order valence-corrected chi connectivity index (χ2v) is 5.68. The Hall–Kier alpha value is -1.39. The molecule has 118 valence electrons. The maximum absolute atomic E-state index is 9.75. The van der Waals surface area contributed by atoms with Gasteiger partial charge < -0.3 is 15.7 Å². The molecule has 2 unspecified atom stereocenters. The van der Waals surface area contributed by atoms with Gasteiger partial charge in [0.1, 0.15) is 0 Å². The smallest absolute Gasteiger partial charge is 0.0716 e. The van der Waals surface area contributed by atoms with Crippen LogP contribution in [0.5, 0.6) is 0 Å². The SMILES string of the molecule is Cl.OC1CNCC1CNCc1ccc(-c2ccccc2)cc1. The lowest BCUT2D eigenvalue weighted by Crippen LogP contribution is -2.30. The van der Waals surface area contributed by atoms with Crippen LogP contribution in [0.4, 0.5) is 0 Å². The summed E-state index contributed by atoms with van der Waals surface area (Å²) in [6.45, 7) is 3.33. The van der Waals surface area contributed by atoms with E-state index in [1.165, 1.54) is 16.7 Å². The van der Waals surface area contributed by atoms with E-state index in [0.29, 0.717) is 5.92 Å². The highest BCUT2D eigenvalue weighted by atomic mass is 35.5. The Bertz CT molecular complexity index is 559. The van der Waals surface area contributed by atoms with Gasteiger partial charge >= 0.3 is 0 Å². The Morgan fingerprint density at radius 2 is 1.64 bits per heavy atom. The average molecular weight is 319 g/mol. The summed E-state index contributed by atoms with van der Waals surface area (Å²) >= 11 is 0. The van der Waals surface area contributed by atoms with Crippen molar-refractivity contribution < 1.29 is 5.11 Å². The zero-order valence-electron chi connectivity index (χ0n) is 12.5. The van der Waals surface area contributed by atoms with Gasteiger partial charge in [-0.2, -0.15) is 0 Å². The summed E-state index contributed by atoms with van der Waals surface area (Å²) in [4.78, 5) is 0. The van der Waals surface area contributed by atoms with Crippen molar-refractivity contribution in [1.82, 2.24) is 10.6 Å². The fraction of sp³-hybridized carbons (Fsp3) is 0.333. The number of β-amino-alcohol motifs (C(OH)–C–C–N with tert-alkyl or cyclic N) is 1. The fourth-order valence-corrected chi connectivity index (χ4v) is 2.78. The molecule has 0 spiro atoms. The molecule has 0 radical (unpaired) electrons. The zero-order chi connectivity index (χ0) is 14.5. The molecule has 3 N–H and O–H groups in total. The molecular formula is C18H23ClN2O. The van der Waals surface area contributed by atoms with Gasteiger partial charge in [-0.15, -0.1) is 12.4 Å².